The van der Waals surface area contributed by atoms with Gasteiger partial charge >= 0.3 is 6.09 Å². The maximum Gasteiger partial charge on any atom is 0.433 e. The molecule has 1 heterocycles. The molecule has 1 atom stereocenters. The number of thioether (sulfide) groups is 1. The van der Waals surface area contributed by atoms with Gasteiger partial charge in [-0.15, -0.1) is 0 Å². The number of oxime groups is 1. The van der Waals surface area contributed by atoms with Crippen LogP contribution in [-0.2, 0) is 9.57 Å². The number of nitrogens with zero attached hydrogens (tertiary/aromatic N) is 1. The minimum Gasteiger partial charge on any atom is -0.467 e. The Balaban J connectivity index is 2.33. The molecule has 1 saturated heterocycles. The van der Waals surface area contributed by atoms with E-state index in [0.29, 0.717) is 5.23 Å². The third kappa shape index (κ3) is 2.61. The molecule has 68 valence electrons. The van der Waals surface area contributed by atoms with E-state index in [1.54, 1.807) is 0 Å². The summed E-state index contributed by atoms with van der Waals surface area (Å²) in [5, 5.41) is 6.17. The Hall–Kier alpha value is -0.910. The van der Waals surface area contributed by atoms with Crippen molar-refractivity contribution in [2.24, 2.45) is 5.16 Å². The lowest BCUT2D eigenvalue weighted by atomic mass is 10.5. The second-order valence-corrected chi connectivity index (χ2v) is 3.20. The molecular formula is C6H10N2O3S. The molecule has 0 bridgehead atoms. The molecule has 1 rings (SSSR count). The Labute approximate surface area is 74.5 Å². The smallest absolute Gasteiger partial charge is 0.433 e. The number of carbonyl (C=O) groups is 1. The quantitative estimate of drug-likeness (QED) is 0.490. The molecule has 0 radical (unpaired) electrons. The normalized spacial score (nSPS) is 25.2. The maximum absolute atomic E-state index is 10.5. The third-order valence-electron chi connectivity index (χ3n) is 1.15. The van der Waals surface area contributed by atoms with Crippen LogP contribution in [0.25, 0.3) is 0 Å². The summed E-state index contributed by atoms with van der Waals surface area (Å²) < 4.78 is 5.16. The fraction of sp³-hybridized carbons (Fsp3) is 0.667. The standard InChI is InChI=1S/C6H10N2O3S/c1-4-3-12-6(10-4)8-11-5(9)7-2/h4H,3H2,1-2H3,(H,7,9). The summed E-state index contributed by atoms with van der Waals surface area (Å²) in [7, 11) is 1.47. The molecule has 12 heavy (non-hydrogen) atoms. The van der Waals surface area contributed by atoms with Gasteiger partial charge in [-0.2, -0.15) is 0 Å². The van der Waals surface area contributed by atoms with Crippen molar-refractivity contribution in [2.45, 2.75) is 13.0 Å². The van der Waals surface area contributed by atoms with E-state index < -0.39 is 6.09 Å². The van der Waals surface area contributed by atoms with Crippen molar-refractivity contribution < 1.29 is 14.4 Å². The molecule has 0 aliphatic carbocycles. The van der Waals surface area contributed by atoms with Crippen molar-refractivity contribution in [3.63, 3.8) is 0 Å². The highest BCUT2D eigenvalue weighted by atomic mass is 32.2. The van der Waals surface area contributed by atoms with Gasteiger partial charge in [-0.25, -0.2) is 4.79 Å². The molecule has 1 fully saturated rings. The van der Waals surface area contributed by atoms with E-state index in [4.69, 9.17) is 4.74 Å². The van der Waals surface area contributed by atoms with Crippen LogP contribution in [0.5, 0.6) is 0 Å². The summed E-state index contributed by atoms with van der Waals surface area (Å²) in [6.07, 6.45) is -0.451. The van der Waals surface area contributed by atoms with E-state index in [1.807, 2.05) is 6.92 Å². The van der Waals surface area contributed by atoms with Gasteiger partial charge in [0.2, 0.25) is 0 Å². The lowest BCUT2D eigenvalue weighted by Gasteiger charge is -1.99. The minimum atomic E-state index is -0.591. The SMILES string of the molecule is CNC(=O)ON=C1OC(C)CS1. The van der Waals surface area contributed by atoms with Gasteiger partial charge in [0.05, 0.1) is 0 Å². The molecule has 0 spiro atoms. The molecule has 5 nitrogen and oxygen atoms in total. The predicted octanol–water partition coefficient (Wildman–Crippen LogP) is 0.765. The van der Waals surface area contributed by atoms with Crippen LogP contribution in [0.3, 0.4) is 0 Å². The summed E-state index contributed by atoms with van der Waals surface area (Å²) in [5.41, 5.74) is 0. The fourth-order valence-electron chi connectivity index (χ4n) is 0.601. The van der Waals surface area contributed by atoms with Gasteiger partial charge in [0, 0.05) is 12.8 Å². The largest absolute Gasteiger partial charge is 0.467 e. The van der Waals surface area contributed by atoms with Crippen molar-refractivity contribution in [3.05, 3.63) is 0 Å². The average Bonchev–Trinajstić information content (AvgIpc) is 2.47. The monoisotopic (exact) mass is 190 g/mol. The zero-order valence-electron chi connectivity index (χ0n) is 6.86. The first-order chi connectivity index (χ1) is 5.72. The van der Waals surface area contributed by atoms with Crippen LogP contribution in [0.1, 0.15) is 6.92 Å². The molecule has 1 aliphatic heterocycles. The predicted molar refractivity (Wildman–Crippen MR) is 46.0 cm³/mol. The van der Waals surface area contributed by atoms with Gasteiger partial charge in [-0.1, -0.05) is 11.8 Å². The van der Waals surface area contributed by atoms with E-state index >= 15 is 0 Å². The Morgan fingerprint density at radius 2 is 2.67 bits per heavy atom. The topological polar surface area (TPSA) is 59.9 Å². The van der Waals surface area contributed by atoms with Gasteiger partial charge in [0.15, 0.2) is 0 Å². The van der Waals surface area contributed by atoms with E-state index in [1.165, 1.54) is 18.8 Å². The van der Waals surface area contributed by atoms with Crippen LogP contribution < -0.4 is 5.32 Å². The summed E-state index contributed by atoms with van der Waals surface area (Å²) in [6, 6.07) is 0. The van der Waals surface area contributed by atoms with E-state index in [-0.39, 0.29) is 6.10 Å². The highest BCUT2D eigenvalue weighted by Crippen LogP contribution is 2.19. The molecule has 1 aliphatic rings. The number of ether oxygens (including phenoxy) is 1. The van der Waals surface area contributed by atoms with Crippen LogP contribution >= 0.6 is 11.8 Å². The van der Waals surface area contributed by atoms with Crippen LogP contribution in [0.15, 0.2) is 5.16 Å². The minimum absolute atomic E-state index is 0.141. The Morgan fingerprint density at radius 1 is 1.92 bits per heavy atom. The molecule has 0 aromatic rings. The van der Waals surface area contributed by atoms with Crippen LogP contribution in [0.4, 0.5) is 4.79 Å². The van der Waals surface area contributed by atoms with E-state index in [0.717, 1.165) is 5.75 Å². The van der Waals surface area contributed by atoms with Gasteiger partial charge in [-0.05, 0) is 12.1 Å². The zero-order chi connectivity index (χ0) is 8.97. The van der Waals surface area contributed by atoms with Crippen LogP contribution in [0.2, 0.25) is 0 Å². The van der Waals surface area contributed by atoms with Crippen LogP contribution in [-0.4, -0.2) is 30.2 Å². The second-order valence-electron chi connectivity index (χ2n) is 2.23. The maximum atomic E-state index is 10.5. The van der Waals surface area contributed by atoms with E-state index in [2.05, 4.69) is 15.3 Å². The molecule has 0 aromatic carbocycles. The third-order valence-corrected chi connectivity index (χ3v) is 2.20. The van der Waals surface area contributed by atoms with Crippen molar-refractivity contribution in [3.8, 4) is 0 Å². The van der Waals surface area contributed by atoms with Gasteiger partial charge < -0.3 is 10.1 Å². The number of rotatable bonds is 1. The molecule has 0 saturated carbocycles. The molecular weight excluding hydrogens is 180 g/mol. The molecule has 6 heteroatoms. The highest BCUT2D eigenvalue weighted by Gasteiger charge is 2.19. The summed E-state index contributed by atoms with van der Waals surface area (Å²) in [4.78, 5) is 15.0. The summed E-state index contributed by atoms with van der Waals surface area (Å²) >= 11 is 1.43. The van der Waals surface area contributed by atoms with E-state index in [9.17, 15) is 4.79 Å². The lowest BCUT2D eigenvalue weighted by molar-refractivity contribution is 0.146. The molecule has 0 aromatic heterocycles. The molecule has 1 N–H and O–H groups in total. The number of hydrogen-bond donors (Lipinski definition) is 1. The number of nitrogens with one attached hydrogen (secondary N) is 1. The summed E-state index contributed by atoms with van der Waals surface area (Å²) in [6.45, 7) is 1.93. The van der Waals surface area contributed by atoms with Crippen molar-refractivity contribution in [1.82, 2.24) is 5.32 Å². The average molecular weight is 190 g/mol. The summed E-state index contributed by atoms with van der Waals surface area (Å²) in [5.74, 6) is 0.843. The Bertz CT molecular complexity index is 207. The van der Waals surface area contributed by atoms with Crippen molar-refractivity contribution >= 4 is 23.1 Å². The lowest BCUT2D eigenvalue weighted by Crippen LogP contribution is -2.17. The van der Waals surface area contributed by atoms with Crippen molar-refractivity contribution in [2.75, 3.05) is 12.8 Å². The van der Waals surface area contributed by atoms with Crippen molar-refractivity contribution in [1.29, 1.82) is 0 Å². The van der Waals surface area contributed by atoms with Gasteiger partial charge in [-0.3, -0.25) is 4.84 Å². The van der Waals surface area contributed by atoms with Gasteiger partial charge in [0.25, 0.3) is 5.23 Å². The highest BCUT2D eigenvalue weighted by molar-refractivity contribution is 8.13. The zero-order valence-corrected chi connectivity index (χ0v) is 7.68. The van der Waals surface area contributed by atoms with Gasteiger partial charge in [0.1, 0.15) is 6.10 Å². The number of carbonyl (C=O) groups excluding carboxylic acids is 1. The Kier molecular flexibility index (Phi) is 3.21. The first-order valence-electron chi connectivity index (χ1n) is 3.48. The molecule has 1 amide bonds. The number of hydrogen-bond acceptors (Lipinski definition) is 5. The molecule has 1 unspecified atom stereocenters. The first-order valence-corrected chi connectivity index (χ1v) is 4.47. The fourth-order valence-corrected chi connectivity index (χ4v) is 1.37. The Morgan fingerprint density at radius 3 is 3.17 bits per heavy atom. The first kappa shape index (κ1) is 9.18. The second kappa shape index (κ2) is 4.20. The van der Waals surface area contributed by atoms with Crippen LogP contribution in [0, 0.1) is 0 Å². The number of amides is 1.